The minimum atomic E-state index is -0.0410. The van der Waals surface area contributed by atoms with E-state index in [9.17, 15) is 4.79 Å². The van der Waals surface area contributed by atoms with Gasteiger partial charge in [-0.25, -0.2) is 0 Å². The molecule has 2 aromatic rings. The molecule has 0 heterocycles. The molecule has 1 amide bonds. The molecule has 0 aliphatic rings. The van der Waals surface area contributed by atoms with Crippen LogP contribution in [0, 0.1) is 0 Å². The summed E-state index contributed by atoms with van der Waals surface area (Å²) in [5.41, 5.74) is 9.04. The first-order valence-electron chi connectivity index (χ1n) is 6.98. The Bertz CT molecular complexity index is 623. The van der Waals surface area contributed by atoms with E-state index < -0.39 is 0 Å². The molecular weight excluding hydrogens is 262 g/mol. The summed E-state index contributed by atoms with van der Waals surface area (Å²) < 4.78 is 0. The Morgan fingerprint density at radius 3 is 2.29 bits per heavy atom. The Balaban J connectivity index is 2.32. The lowest BCUT2D eigenvalue weighted by atomic mass is 10.1. The maximum Gasteiger partial charge on any atom is 0.258 e. The first-order chi connectivity index (χ1) is 10.0. The highest BCUT2D eigenvalue weighted by Gasteiger charge is 2.17. The zero-order chi connectivity index (χ0) is 15.4. The zero-order valence-corrected chi connectivity index (χ0v) is 12.7. The Morgan fingerprint density at radius 2 is 1.76 bits per heavy atom. The molecule has 2 N–H and O–H groups in total. The number of hydrogen-bond donors (Lipinski definition) is 1. The number of benzene rings is 2. The van der Waals surface area contributed by atoms with E-state index in [1.807, 2.05) is 68.4 Å². The lowest BCUT2D eigenvalue weighted by Gasteiger charge is -2.22. The van der Waals surface area contributed by atoms with Gasteiger partial charge < -0.3 is 15.5 Å². The number of nitrogens with two attached hydrogens (primary N) is 1. The molecule has 0 aromatic heterocycles. The monoisotopic (exact) mass is 283 g/mol. The van der Waals surface area contributed by atoms with Crippen molar-refractivity contribution in [3.8, 4) is 0 Å². The molecule has 0 unspecified atom stereocenters. The highest BCUT2D eigenvalue weighted by Crippen LogP contribution is 2.24. The van der Waals surface area contributed by atoms with Crippen LogP contribution in [0.4, 0.5) is 17.1 Å². The van der Waals surface area contributed by atoms with Gasteiger partial charge in [0.15, 0.2) is 0 Å². The Kier molecular flexibility index (Phi) is 4.48. The summed E-state index contributed by atoms with van der Waals surface area (Å²) in [6, 6.07) is 15.1. The number of anilines is 3. The maximum absolute atomic E-state index is 12.7. The Morgan fingerprint density at radius 1 is 1.10 bits per heavy atom. The van der Waals surface area contributed by atoms with Gasteiger partial charge in [-0.15, -0.1) is 0 Å². The molecule has 0 atom stereocenters. The number of carbonyl (C=O) groups excluding carboxylic acids is 1. The molecule has 4 heteroatoms. The van der Waals surface area contributed by atoms with Crippen LogP contribution in [0.25, 0.3) is 0 Å². The van der Waals surface area contributed by atoms with Gasteiger partial charge in [0.25, 0.3) is 5.91 Å². The van der Waals surface area contributed by atoms with Crippen molar-refractivity contribution in [3.63, 3.8) is 0 Å². The van der Waals surface area contributed by atoms with Gasteiger partial charge in [0.2, 0.25) is 0 Å². The topological polar surface area (TPSA) is 49.6 Å². The lowest BCUT2D eigenvalue weighted by Crippen LogP contribution is -2.30. The molecule has 110 valence electrons. The van der Waals surface area contributed by atoms with Gasteiger partial charge in [-0.2, -0.15) is 0 Å². The van der Waals surface area contributed by atoms with Crippen molar-refractivity contribution in [2.24, 2.45) is 0 Å². The summed E-state index contributed by atoms with van der Waals surface area (Å²) in [4.78, 5) is 16.3. The van der Waals surface area contributed by atoms with Crippen molar-refractivity contribution in [1.29, 1.82) is 0 Å². The van der Waals surface area contributed by atoms with Crippen LogP contribution in [-0.2, 0) is 0 Å². The summed E-state index contributed by atoms with van der Waals surface area (Å²) in [5.74, 6) is -0.0410. The SMILES string of the molecule is CCN(C(=O)c1ccc(N(C)C)c(N)c1)c1ccccc1. The molecule has 0 bridgehead atoms. The third-order valence-corrected chi connectivity index (χ3v) is 3.39. The molecule has 0 fully saturated rings. The van der Waals surface area contributed by atoms with E-state index in [0.29, 0.717) is 17.8 Å². The predicted octanol–water partition coefficient (Wildman–Crippen LogP) is 3.00. The van der Waals surface area contributed by atoms with Crippen LogP contribution in [0.3, 0.4) is 0 Å². The molecule has 0 saturated heterocycles. The van der Waals surface area contributed by atoms with Gasteiger partial charge in [-0.1, -0.05) is 18.2 Å². The summed E-state index contributed by atoms with van der Waals surface area (Å²) >= 11 is 0. The standard InChI is InChI=1S/C17H21N3O/c1-4-20(14-8-6-5-7-9-14)17(21)13-10-11-16(19(2)3)15(18)12-13/h5-12H,4,18H2,1-3H3. The summed E-state index contributed by atoms with van der Waals surface area (Å²) in [6.45, 7) is 2.57. The first-order valence-corrected chi connectivity index (χ1v) is 6.98. The van der Waals surface area contributed by atoms with E-state index in [-0.39, 0.29) is 5.91 Å². The summed E-state index contributed by atoms with van der Waals surface area (Å²) in [7, 11) is 3.85. The number of para-hydroxylation sites is 1. The second-order valence-corrected chi connectivity index (χ2v) is 5.05. The molecule has 0 radical (unpaired) electrons. The highest BCUT2D eigenvalue weighted by molar-refractivity contribution is 6.07. The van der Waals surface area contributed by atoms with E-state index in [1.165, 1.54) is 0 Å². The fourth-order valence-corrected chi connectivity index (χ4v) is 2.30. The lowest BCUT2D eigenvalue weighted by molar-refractivity contribution is 0.0988. The molecule has 2 rings (SSSR count). The predicted molar refractivity (Wildman–Crippen MR) is 89.0 cm³/mol. The number of nitrogen functional groups attached to an aromatic ring is 1. The number of rotatable bonds is 4. The van der Waals surface area contributed by atoms with Crippen molar-refractivity contribution < 1.29 is 4.79 Å². The van der Waals surface area contributed by atoms with E-state index in [1.54, 1.807) is 11.0 Å². The Hall–Kier alpha value is -2.49. The smallest absolute Gasteiger partial charge is 0.258 e. The van der Waals surface area contributed by atoms with Gasteiger partial charge in [0.1, 0.15) is 0 Å². The highest BCUT2D eigenvalue weighted by atomic mass is 16.2. The summed E-state index contributed by atoms with van der Waals surface area (Å²) in [6.07, 6.45) is 0. The molecule has 0 aliphatic heterocycles. The van der Waals surface area contributed by atoms with Crippen LogP contribution in [0.15, 0.2) is 48.5 Å². The van der Waals surface area contributed by atoms with Gasteiger partial charge in [0.05, 0.1) is 11.4 Å². The van der Waals surface area contributed by atoms with E-state index >= 15 is 0 Å². The van der Waals surface area contributed by atoms with Crippen molar-refractivity contribution in [1.82, 2.24) is 0 Å². The van der Waals surface area contributed by atoms with Crippen LogP contribution >= 0.6 is 0 Å². The van der Waals surface area contributed by atoms with Gasteiger partial charge >= 0.3 is 0 Å². The molecule has 4 nitrogen and oxygen atoms in total. The van der Waals surface area contributed by atoms with Gasteiger partial charge in [-0.3, -0.25) is 4.79 Å². The van der Waals surface area contributed by atoms with Crippen LogP contribution in [-0.4, -0.2) is 26.5 Å². The van der Waals surface area contributed by atoms with Crippen molar-refractivity contribution >= 4 is 23.0 Å². The average molecular weight is 283 g/mol. The second kappa shape index (κ2) is 6.31. The van der Waals surface area contributed by atoms with Crippen molar-refractivity contribution in [3.05, 3.63) is 54.1 Å². The minimum absolute atomic E-state index is 0.0410. The summed E-state index contributed by atoms with van der Waals surface area (Å²) in [5, 5.41) is 0. The van der Waals surface area contributed by atoms with Crippen LogP contribution < -0.4 is 15.5 Å². The number of hydrogen-bond acceptors (Lipinski definition) is 3. The van der Waals surface area contributed by atoms with Crippen molar-refractivity contribution in [2.45, 2.75) is 6.92 Å². The molecular formula is C17H21N3O. The molecule has 0 saturated carbocycles. The first kappa shape index (κ1) is 14.9. The van der Waals surface area contributed by atoms with Crippen LogP contribution in [0.5, 0.6) is 0 Å². The third-order valence-electron chi connectivity index (χ3n) is 3.39. The van der Waals surface area contributed by atoms with Crippen LogP contribution in [0.2, 0.25) is 0 Å². The average Bonchev–Trinajstić information content (AvgIpc) is 2.48. The Labute approximate surface area is 125 Å². The van der Waals surface area contributed by atoms with Crippen LogP contribution in [0.1, 0.15) is 17.3 Å². The minimum Gasteiger partial charge on any atom is -0.397 e. The van der Waals surface area contributed by atoms with E-state index in [4.69, 9.17) is 5.73 Å². The number of nitrogens with zero attached hydrogens (tertiary/aromatic N) is 2. The van der Waals surface area contributed by atoms with E-state index in [0.717, 1.165) is 11.4 Å². The van der Waals surface area contributed by atoms with Crippen molar-refractivity contribution in [2.75, 3.05) is 36.2 Å². The molecule has 0 aliphatic carbocycles. The second-order valence-electron chi connectivity index (χ2n) is 5.05. The fraction of sp³-hybridized carbons (Fsp3) is 0.235. The quantitative estimate of drug-likeness (QED) is 0.878. The fourth-order valence-electron chi connectivity index (χ4n) is 2.30. The van der Waals surface area contributed by atoms with Gasteiger partial charge in [0, 0.05) is 31.9 Å². The number of amides is 1. The van der Waals surface area contributed by atoms with E-state index in [2.05, 4.69) is 0 Å². The zero-order valence-electron chi connectivity index (χ0n) is 12.7. The maximum atomic E-state index is 12.7. The number of carbonyl (C=O) groups is 1. The largest absolute Gasteiger partial charge is 0.397 e. The van der Waals surface area contributed by atoms with Gasteiger partial charge in [-0.05, 0) is 37.3 Å². The molecule has 2 aromatic carbocycles. The molecule has 0 spiro atoms. The molecule has 21 heavy (non-hydrogen) atoms. The normalized spacial score (nSPS) is 10.2. The third kappa shape index (κ3) is 3.16.